The van der Waals surface area contributed by atoms with Crippen molar-refractivity contribution < 1.29 is 19.8 Å². The molecule has 5 nitrogen and oxygen atoms in total. The van der Waals surface area contributed by atoms with Crippen LogP contribution in [0.4, 0.5) is 0 Å². The van der Waals surface area contributed by atoms with Crippen LogP contribution < -0.4 is 5.32 Å². The highest BCUT2D eigenvalue weighted by atomic mass is 127. The SMILES string of the molecule is O=C(O)CC1(CNC(=O)c2cc(I)cc(I)c2O)CCC1. The van der Waals surface area contributed by atoms with E-state index in [1.165, 1.54) is 0 Å². The molecule has 21 heavy (non-hydrogen) atoms. The molecule has 0 radical (unpaired) electrons. The summed E-state index contributed by atoms with van der Waals surface area (Å²) in [6, 6.07) is 3.41. The number of phenols is 1. The zero-order valence-corrected chi connectivity index (χ0v) is 15.5. The van der Waals surface area contributed by atoms with E-state index in [0.717, 1.165) is 22.8 Å². The number of hydrogen-bond donors (Lipinski definition) is 3. The van der Waals surface area contributed by atoms with Crippen LogP contribution in [0.1, 0.15) is 36.0 Å². The number of carbonyl (C=O) groups excluding carboxylic acids is 1. The number of carboxylic acids is 1. The van der Waals surface area contributed by atoms with Gasteiger partial charge in [-0.25, -0.2) is 0 Å². The fraction of sp³-hybridized carbons (Fsp3) is 0.429. The van der Waals surface area contributed by atoms with Gasteiger partial charge in [0.2, 0.25) is 0 Å². The van der Waals surface area contributed by atoms with Crippen molar-refractivity contribution in [2.24, 2.45) is 5.41 Å². The van der Waals surface area contributed by atoms with E-state index < -0.39 is 5.97 Å². The van der Waals surface area contributed by atoms with Crippen LogP contribution in [-0.2, 0) is 4.79 Å². The van der Waals surface area contributed by atoms with E-state index in [1.807, 2.05) is 22.6 Å². The fourth-order valence-electron chi connectivity index (χ4n) is 2.52. The first-order chi connectivity index (χ1) is 9.83. The number of phenolic OH excluding ortho intramolecular Hbond substituents is 1. The van der Waals surface area contributed by atoms with Gasteiger partial charge >= 0.3 is 5.97 Å². The van der Waals surface area contributed by atoms with E-state index in [2.05, 4.69) is 27.9 Å². The molecule has 7 heteroatoms. The predicted octanol–water partition coefficient (Wildman–Crippen LogP) is 2.98. The summed E-state index contributed by atoms with van der Waals surface area (Å²) in [6.45, 7) is 0.333. The number of aromatic hydroxyl groups is 1. The van der Waals surface area contributed by atoms with Gasteiger partial charge in [0.1, 0.15) is 5.75 Å². The summed E-state index contributed by atoms with van der Waals surface area (Å²) >= 11 is 4.06. The maximum Gasteiger partial charge on any atom is 0.303 e. The van der Waals surface area contributed by atoms with Gasteiger partial charge in [0.25, 0.3) is 5.91 Å². The van der Waals surface area contributed by atoms with E-state index in [1.54, 1.807) is 12.1 Å². The second-order valence-corrected chi connectivity index (χ2v) is 7.80. The van der Waals surface area contributed by atoms with Gasteiger partial charge < -0.3 is 15.5 Å². The van der Waals surface area contributed by atoms with Crippen LogP contribution in [0.2, 0.25) is 0 Å². The molecule has 1 aromatic carbocycles. The number of aliphatic carboxylic acids is 1. The molecule has 1 aromatic rings. The molecule has 0 bridgehead atoms. The lowest BCUT2D eigenvalue weighted by atomic mass is 9.66. The first-order valence-corrected chi connectivity index (χ1v) is 8.67. The van der Waals surface area contributed by atoms with Gasteiger partial charge in [0.15, 0.2) is 0 Å². The average molecular weight is 515 g/mol. The van der Waals surface area contributed by atoms with Crippen LogP contribution in [0.15, 0.2) is 12.1 Å². The van der Waals surface area contributed by atoms with Gasteiger partial charge in [-0.3, -0.25) is 9.59 Å². The normalized spacial score (nSPS) is 16.1. The lowest BCUT2D eigenvalue weighted by Crippen LogP contribution is -2.43. The molecule has 1 amide bonds. The second kappa shape index (κ2) is 6.67. The van der Waals surface area contributed by atoms with Crippen molar-refractivity contribution in [1.82, 2.24) is 5.32 Å². The van der Waals surface area contributed by atoms with E-state index in [9.17, 15) is 14.7 Å². The Bertz CT molecular complexity index is 585. The monoisotopic (exact) mass is 515 g/mol. The minimum absolute atomic E-state index is 0.0330. The molecule has 0 saturated heterocycles. The van der Waals surface area contributed by atoms with E-state index in [0.29, 0.717) is 10.1 Å². The van der Waals surface area contributed by atoms with Crippen LogP contribution in [0.3, 0.4) is 0 Å². The lowest BCUT2D eigenvalue weighted by Gasteiger charge is -2.40. The summed E-state index contributed by atoms with van der Waals surface area (Å²) in [7, 11) is 0. The van der Waals surface area contributed by atoms with Crippen LogP contribution in [-0.4, -0.2) is 28.6 Å². The van der Waals surface area contributed by atoms with Crippen molar-refractivity contribution in [3.8, 4) is 5.75 Å². The highest BCUT2D eigenvalue weighted by Crippen LogP contribution is 2.43. The minimum atomic E-state index is -0.837. The number of nitrogens with one attached hydrogen (secondary N) is 1. The standard InChI is InChI=1S/C14H15I2NO4/c15-8-4-9(12(20)10(16)5-8)13(21)17-7-14(2-1-3-14)6-11(18)19/h4-5,20H,1-3,6-7H2,(H,17,21)(H,18,19). The first kappa shape index (κ1) is 16.8. The third kappa shape index (κ3) is 3.99. The summed E-state index contributed by atoms with van der Waals surface area (Å²) < 4.78 is 1.48. The molecule has 1 saturated carbocycles. The highest BCUT2D eigenvalue weighted by Gasteiger charge is 2.39. The summed E-state index contributed by atoms with van der Waals surface area (Å²) in [4.78, 5) is 23.1. The largest absolute Gasteiger partial charge is 0.506 e. The highest BCUT2D eigenvalue weighted by molar-refractivity contribution is 14.1. The van der Waals surface area contributed by atoms with E-state index in [4.69, 9.17) is 5.11 Å². The Labute approximate surface area is 149 Å². The number of carbonyl (C=O) groups is 2. The number of benzene rings is 1. The molecular formula is C14H15I2NO4. The number of halogens is 2. The van der Waals surface area contributed by atoms with Crippen LogP contribution >= 0.6 is 45.2 Å². The van der Waals surface area contributed by atoms with Crippen molar-refractivity contribution in [3.05, 3.63) is 24.8 Å². The van der Waals surface area contributed by atoms with Crippen LogP contribution in [0, 0.1) is 12.6 Å². The van der Waals surface area contributed by atoms with Crippen LogP contribution in [0.5, 0.6) is 5.75 Å². The van der Waals surface area contributed by atoms with Crippen LogP contribution in [0.25, 0.3) is 0 Å². The maximum atomic E-state index is 12.2. The Morgan fingerprint density at radius 3 is 2.48 bits per heavy atom. The van der Waals surface area contributed by atoms with Crippen molar-refractivity contribution in [1.29, 1.82) is 0 Å². The summed E-state index contributed by atoms with van der Waals surface area (Å²) in [5.41, 5.74) is -0.0947. The quantitative estimate of drug-likeness (QED) is 0.527. The van der Waals surface area contributed by atoms with Gasteiger partial charge in [-0.05, 0) is 75.6 Å². The zero-order chi connectivity index (χ0) is 15.6. The van der Waals surface area contributed by atoms with Crippen molar-refractivity contribution in [3.63, 3.8) is 0 Å². The van der Waals surface area contributed by atoms with Gasteiger partial charge in [0, 0.05) is 10.1 Å². The minimum Gasteiger partial charge on any atom is -0.506 e. The summed E-state index contributed by atoms with van der Waals surface area (Å²) in [5.74, 6) is -1.23. The number of hydrogen-bond acceptors (Lipinski definition) is 3. The Balaban J connectivity index is 2.07. The molecule has 0 unspecified atom stereocenters. The molecule has 0 aliphatic heterocycles. The van der Waals surface area contributed by atoms with Crippen molar-refractivity contribution in [2.45, 2.75) is 25.7 Å². The topological polar surface area (TPSA) is 86.6 Å². The molecule has 0 aromatic heterocycles. The molecule has 1 fully saturated rings. The number of amides is 1. The Morgan fingerprint density at radius 1 is 1.29 bits per heavy atom. The maximum absolute atomic E-state index is 12.2. The molecule has 0 atom stereocenters. The Kier molecular flexibility index (Phi) is 5.33. The lowest BCUT2D eigenvalue weighted by molar-refractivity contribution is -0.141. The molecule has 114 valence electrons. The van der Waals surface area contributed by atoms with Gasteiger partial charge in [-0.1, -0.05) is 6.42 Å². The second-order valence-electron chi connectivity index (χ2n) is 5.39. The summed E-state index contributed by atoms with van der Waals surface area (Å²) in [5, 5.41) is 21.7. The van der Waals surface area contributed by atoms with Gasteiger partial charge in [-0.2, -0.15) is 0 Å². The smallest absolute Gasteiger partial charge is 0.303 e. The van der Waals surface area contributed by atoms with E-state index in [-0.39, 0.29) is 29.1 Å². The van der Waals surface area contributed by atoms with Crippen molar-refractivity contribution >= 4 is 57.1 Å². The first-order valence-electron chi connectivity index (χ1n) is 6.51. The van der Waals surface area contributed by atoms with Crippen molar-refractivity contribution in [2.75, 3.05) is 6.54 Å². The Morgan fingerprint density at radius 2 is 1.95 bits per heavy atom. The molecule has 2 rings (SSSR count). The Hall–Kier alpha value is -0.580. The summed E-state index contributed by atoms with van der Waals surface area (Å²) in [6.07, 6.45) is 2.70. The fourth-order valence-corrected chi connectivity index (χ4v) is 4.36. The van der Waals surface area contributed by atoms with Gasteiger partial charge in [0.05, 0.1) is 15.6 Å². The average Bonchev–Trinajstić information content (AvgIpc) is 2.36. The molecule has 3 N–H and O–H groups in total. The molecule has 0 heterocycles. The molecule has 1 aliphatic rings. The third-order valence-electron chi connectivity index (χ3n) is 3.84. The molecule has 0 spiro atoms. The van der Waals surface area contributed by atoms with E-state index >= 15 is 0 Å². The van der Waals surface area contributed by atoms with Gasteiger partial charge in [-0.15, -0.1) is 0 Å². The predicted molar refractivity (Wildman–Crippen MR) is 94.4 cm³/mol. The third-order valence-corrected chi connectivity index (χ3v) is 5.28. The zero-order valence-electron chi connectivity index (χ0n) is 11.2. The molecule has 1 aliphatic carbocycles. The molecular weight excluding hydrogens is 500 g/mol. The number of carboxylic acid groups (broad SMARTS) is 1. The number of rotatable bonds is 5.